The molecule has 3 nitrogen and oxygen atoms in total. The summed E-state index contributed by atoms with van der Waals surface area (Å²) in [4.78, 5) is 3.82. The molecule has 1 fully saturated rings. The molecular weight excluding hydrogens is 219 g/mol. The van der Waals surface area contributed by atoms with Crippen LogP contribution in [0, 0.1) is 5.95 Å². The van der Waals surface area contributed by atoms with Crippen molar-refractivity contribution in [3.05, 3.63) is 24.1 Å². The fraction of sp³-hybridized carbons (Fsp3) is 0.615. The molecule has 17 heavy (non-hydrogen) atoms. The van der Waals surface area contributed by atoms with Gasteiger partial charge in [0.25, 0.3) is 0 Å². The second-order valence-electron chi connectivity index (χ2n) is 4.49. The summed E-state index contributed by atoms with van der Waals surface area (Å²) in [5, 5.41) is 3.28. The normalized spacial score (nSPS) is 24.6. The first kappa shape index (κ1) is 12.3. The summed E-state index contributed by atoms with van der Waals surface area (Å²) in [5.41, 5.74) is 0. The maximum absolute atomic E-state index is 12.9. The minimum absolute atomic E-state index is 0.333. The second-order valence-corrected chi connectivity index (χ2v) is 4.49. The third-order valence-corrected chi connectivity index (χ3v) is 3.05. The Balaban J connectivity index is 1.90. The molecule has 1 aliphatic rings. The Labute approximate surface area is 101 Å². The van der Waals surface area contributed by atoms with E-state index in [0.29, 0.717) is 18.0 Å². The topological polar surface area (TPSA) is 34.2 Å². The number of hydrogen-bond donors (Lipinski definition) is 1. The third kappa shape index (κ3) is 3.66. The van der Waals surface area contributed by atoms with E-state index in [1.807, 2.05) is 0 Å². The Morgan fingerprint density at radius 1 is 1.53 bits per heavy atom. The van der Waals surface area contributed by atoms with Crippen molar-refractivity contribution in [2.45, 2.75) is 44.8 Å². The first-order valence-electron chi connectivity index (χ1n) is 6.28. The largest absolute Gasteiger partial charge is 0.378 e. The first-order valence-corrected chi connectivity index (χ1v) is 6.28. The molecule has 1 N–H and O–H groups in total. The van der Waals surface area contributed by atoms with E-state index in [9.17, 15) is 4.39 Å². The van der Waals surface area contributed by atoms with Crippen LogP contribution in [-0.2, 0) is 4.74 Å². The lowest BCUT2D eigenvalue weighted by Crippen LogP contribution is -2.34. The van der Waals surface area contributed by atoms with E-state index < -0.39 is 5.95 Å². The molecule has 1 aliphatic heterocycles. The lowest BCUT2D eigenvalue weighted by Gasteiger charge is -2.30. The molecule has 4 heteroatoms. The van der Waals surface area contributed by atoms with E-state index in [-0.39, 0.29) is 0 Å². The van der Waals surface area contributed by atoms with Gasteiger partial charge in [-0.05, 0) is 31.4 Å². The number of aromatic nitrogens is 1. The van der Waals surface area contributed by atoms with Crippen LogP contribution in [0.1, 0.15) is 32.6 Å². The SMILES string of the molecule is CCCC1CC(Nc2cccc(F)n2)CCO1. The van der Waals surface area contributed by atoms with Gasteiger partial charge >= 0.3 is 0 Å². The van der Waals surface area contributed by atoms with Gasteiger partial charge in [-0.3, -0.25) is 0 Å². The Morgan fingerprint density at radius 3 is 3.18 bits per heavy atom. The van der Waals surface area contributed by atoms with Crippen LogP contribution in [0.3, 0.4) is 0 Å². The standard InChI is InChI=1S/C13H19FN2O/c1-2-4-11-9-10(7-8-17-11)15-13-6-3-5-12(14)16-13/h3,5-6,10-11H,2,4,7-9H2,1H3,(H,15,16). The lowest BCUT2D eigenvalue weighted by molar-refractivity contribution is 0.00592. The minimum atomic E-state index is -0.438. The van der Waals surface area contributed by atoms with E-state index in [1.165, 1.54) is 6.07 Å². The highest BCUT2D eigenvalue weighted by molar-refractivity contribution is 5.34. The highest BCUT2D eigenvalue weighted by Gasteiger charge is 2.21. The highest BCUT2D eigenvalue weighted by atomic mass is 19.1. The molecule has 94 valence electrons. The van der Waals surface area contributed by atoms with E-state index in [1.54, 1.807) is 12.1 Å². The van der Waals surface area contributed by atoms with Gasteiger partial charge in [-0.15, -0.1) is 0 Å². The van der Waals surface area contributed by atoms with Crippen LogP contribution in [-0.4, -0.2) is 23.7 Å². The first-order chi connectivity index (χ1) is 8.28. The van der Waals surface area contributed by atoms with Crippen molar-refractivity contribution in [1.29, 1.82) is 0 Å². The van der Waals surface area contributed by atoms with E-state index in [2.05, 4.69) is 17.2 Å². The molecule has 0 radical (unpaired) electrons. The average Bonchev–Trinajstić information content (AvgIpc) is 2.30. The van der Waals surface area contributed by atoms with Gasteiger partial charge in [0.05, 0.1) is 6.10 Å². The molecule has 0 aromatic carbocycles. The van der Waals surface area contributed by atoms with Crippen LogP contribution in [0.5, 0.6) is 0 Å². The molecule has 2 atom stereocenters. The van der Waals surface area contributed by atoms with Crippen molar-refractivity contribution in [1.82, 2.24) is 4.98 Å². The predicted octanol–water partition coefficient (Wildman–Crippen LogP) is 2.98. The smallest absolute Gasteiger partial charge is 0.214 e. The highest BCUT2D eigenvalue weighted by Crippen LogP contribution is 2.20. The quantitative estimate of drug-likeness (QED) is 0.819. The summed E-state index contributed by atoms with van der Waals surface area (Å²) < 4.78 is 18.6. The Bertz CT molecular complexity index is 357. The number of pyridine rings is 1. The Kier molecular flexibility index (Phi) is 4.31. The second kappa shape index (κ2) is 5.96. The monoisotopic (exact) mass is 238 g/mol. The number of rotatable bonds is 4. The van der Waals surface area contributed by atoms with Gasteiger partial charge in [-0.2, -0.15) is 4.39 Å². The van der Waals surface area contributed by atoms with Gasteiger partial charge in [0, 0.05) is 12.6 Å². The van der Waals surface area contributed by atoms with Gasteiger partial charge in [-0.25, -0.2) is 4.98 Å². The van der Waals surface area contributed by atoms with E-state index in [4.69, 9.17) is 4.74 Å². The van der Waals surface area contributed by atoms with Crippen molar-refractivity contribution >= 4 is 5.82 Å². The summed E-state index contributed by atoms with van der Waals surface area (Å²) in [6.07, 6.45) is 4.49. The van der Waals surface area contributed by atoms with Crippen molar-refractivity contribution in [2.24, 2.45) is 0 Å². The lowest BCUT2D eigenvalue weighted by atomic mass is 10.0. The van der Waals surface area contributed by atoms with Crippen LogP contribution >= 0.6 is 0 Å². The van der Waals surface area contributed by atoms with Crippen LogP contribution in [0.2, 0.25) is 0 Å². The van der Waals surface area contributed by atoms with Crippen LogP contribution in [0.15, 0.2) is 18.2 Å². The van der Waals surface area contributed by atoms with Crippen molar-refractivity contribution in [2.75, 3.05) is 11.9 Å². The molecule has 1 saturated heterocycles. The summed E-state index contributed by atoms with van der Waals surface area (Å²) in [7, 11) is 0. The maximum Gasteiger partial charge on any atom is 0.214 e. The van der Waals surface area contributed by atoms with Gasteiger partial charge in [0.2, 0.25) is 5.95 Å². The van der Waals surface area contributed by atoms with Gasteiger partial charge < -0.3 is 10.1 Å². The molecule has 0 spiro atoms. The fourth-order valence-corrected chi connectivity index (χ4v) is 2.23. The molecule has 0 amide bonds. The maximum atomic E-state index is 12.9. The fourth-order valence-electron chi connectivity index (χ4n) is 2.23. The van der Waals surface area contributed by atoms with E-state index in [0.717, 1.165) is 32.3 Å². The van der Waals surface area contributed by atoms with Crippen molar-refractivity contribution < 1.29 is 9.13 Å². The summed E-state index contributed by atoms with van der Waals surface area (Å²) in [5.74, 6) is 0.180. The van der Waals surface area contributed by atoms with E-state index >= 15 is 0 Å². The summed E-state index contributed by atoms with van der Waals surface area (Å²) in [6, 6.07) is 5.17. The third-order valence-electron chi connectivity index (χ3n) is 3.05. The number of nitrogens with zero attached hydrogens (tertiary/aromatic N) is 1. The Hall–Kier alpha value is -1.16. The molecule has 2 heterocycles. The van der Waals surface area contributed by atoms with Crippen molar-refractivity contribution in [3.8, 4) is 0 Å². The molecule has 0 aliphatic carbocycles. The average molecular weight is 238 g/mol. The van der Waals surface area contributed by atoms with Gasteiger partial charge in [0.1, 0.15) is 5.82 Å². The van der Waals surface area contributed by atoms with Crippen LogP contribution < -0.4 is 5.32 Å². The zero-order chi connectivity index (χ0) is 12.1. The summed E-state index contributed by atoms with van der Waals surface area (Å²) >= 11 is 0. The number of anilines is 1. The van der Waals surface area contributed by atoms with Crippen LogP contribution in [0.4, 0.5) is 10.2 Å². The molecule has 0 bridgehead atoms. The van der Waals surface area contributed by atoms with Crippen molar-refractivity contribution in [3.63, 3.8) is 0 Å². The predicted molar refractivity (Wildman–Crippen MR) is 65.5 cm³/mol. The number of halogens is 1. The number of ether oxygens (including phenoxy) is 1. The molecule has 1 aromatic heterocycles. The molecule has 1 aromatic rings. The number of hydrogen-bond acceptors (Lipinski definition) is 3. The Morgan fingerprint density at radius 2 is 2.41 bits per heavy atom. The zero-order valence-corrected chi connectivity index (χ0v) is 10.2. The number of nitrogens with one attached hydrogen (secondary N) is 1. The zero-order valence-electron chi connectivity index (χ0n) is 10.2. The van der Waals surface area contributed by atoms with Gasteiger partial charge in [-0.1, -0.05) is 19.4 Å². The van der Waals surface area contributed by atoms with Gasteiger partial charge in [0.15, 0.2) is 0 Å². The van der Waals surface area contributed by atoms with Crippen LogP contribution in [0.25, 0.3) is 0 Å². The molecular formula is C13H19FN2O. The molecule has 2 unspecified atom stereocenters. The molecule has 2 rings (SSSR count). The molecule has 0 saturated carbocycles. The summed E-state index contributed by atoms with van der Waals surface area (Å²) in [6.45, 7) is 2.94. The minimum Gasteiger partial charge on any atom is -0.378 e.